The monoisotopic (exact) mass is 383 g/mol. The van der Waals surface area contributed by atoms with Crippen LogP contribution in [0.25, 0.3) is 0 Å². The molecule has 1 fully saturated rings. The molecule has 138 valence electrons. The number of nitrogens with zero attached hydrogens (tertiary/aromatic N) is 3. The van der Waals surface area contributed by atoms with Crippen molar-refractivity contribution >= 4 is 21.6 Å². The minimum atomic E-state index is -4.19. The van der Waals surface area contributed by atoms with Crippen LogP contribution in [0.1, 0.15) is 0 Å². The van der Waals surface area contributed by atoms with E-state index in [-0.39, 0.29) is 13.1 Å². The largest absolute Gasteiger partial charge is 0.481 e. The van der Waals surface area contributed by atoms with Gasteiger partial charge in [-0.05, 0) is 18.2 Å². The van der Waals surface area contributed by atoms with E-state index in [0.717, 1.165) is 16.4 Å². The van der Waals surface area contributed by atoms with E-state index in [1.807, 2.05) is 0 Å². The molecule has 26 heavy (non-hydrogen) atoms. The van der Waals surface area contributed by atoms with E-state index in [9.17, 15) is 22.0 Å². The molecule has 7 nitrogen and oxygen atoms in total. The zero-order valence-electron chi connectivity index (χ0n) is 13.7. The van der Waals surface area contributed by atoms with Crippen molar-refractivity contribution in [1.82, 2.24) is 9.29 Å². The molecular weight excluding hydrogens is 368 g/mol. The summed E-state index contributed by atoms with van der Waals surface area (Å²) in [6, 6.07) is 5.20. The topological polar surface area (TPSA) is 79.8 Å². The first-order valence-electron chi connectivity index (χ1n) is 7.58. The Morgan fingerprint density at radius 2 is 1.81 bits per heavy atom. The Bertz CT molecular complexity index is 932. The summed E-state index contributed by atoms with van der Waals surface area (Å²) in [5, 5.41) is 0. The second kappa shape index (κ2) is 6.96. The molecule has 1 saturated heterocycles. The van der Waals surface area contributed by atoms with Gasteiger partial charge in [-0.15, -0.1) is 0 Å². The predicted molar refractivity (Wildman–Crippen MR) is 88.3 cm³/mol. The van der Waals surface area contributed by atoms with Gasteiger partial charge in [0.05, 0.1) is 24.2 Å². The number of amides is 1. The van der Waals surface area contributed by atoms with E-state index in [1.54, 1.807) is 12.1 Å². The van der Waals surface area contributed by atoms with Crippen molar-refractivity contribution < 1.29 is 26.7 Å². The van der Waals surface area contributed by atoms with Crippen LogP contribution < -0.4 is 9.64 Å². The standard InChI is InChI=1S/C16H15F2N3O4S/c1-25-15-9-13(2-3-19-15)21-5-4-20(10-16(21)22)26(23,24)14-7-11(17)6-12(18)8-14/h2-3,6-9H,4-5,10H2,1H3. The molecule has 1 aliphatic rings. The van der Waals surface area contributed by atoms with Crippen LogP contribution in [-0.4, -0.2) is 50.4 Å². The van der Waals surface area contributed by atoms with Crippen molar-refractivity contribution in [3.8, 4) is 5.88 Å². The first kappa shape index (κ1) is 18.2. The number of carbonyl (C=O) groups is 1. The Kier molecular flexibility index (Phi) is 4.88. The van der Waals surface area contributed by atoms with Gasteiger partial charge in [0.2, 0.25) is 21.8 Å². The minimum absolute atomic E-state index is 0.0170. The summed E-state index contributed by atoms with van der Waals surface area (Å²) in [4.78, 5) is 17.3. The van der Waals surface area contributed by atoms with Crippen LogP contribution in [-0.2, 0) is 14.8 Å². The van der Waals surface area contributed by atoms with Gasteiger partial charge in [-0.3, -0.25) is 4.79 Å². The van der Waals surface area contributed by atoms with Gasteiger partial charge >= 0.3 is 0 Å². The maximum Gasteiger partial charge on any atom is 0.243 e. The van der Waals surface area contributed by atoms with Gasteiger partial charge in [0.25, 0.3) is 0 Å². The molecule has 3 rings (SSSR count). The average molecular weight is 383 g/mol. The summed E-state index contributed by atoms with van der Waals surface area (Å²) in [5.41, 5.74) is 0.524. The number of piperazine rings is 1. The number of hydrogen-bond acceptors (Lipinski definition) is 5. The highest BCUT2D eigenvalue weighted by molar-refractivity contribution is 7.89. The van der Waals surface area contributed by atoms with Crippen molar-refractivity contribution in [2.24, 2.45) is 0 Å². The Morgan fingerprint density at radius 3 is 2.42 bits per heavy atom. The third-order valence-electron chi connectivity index (χ3n) is 3.90. The van der Waals surface area contributed by atoms with Crippen molar-refractivity contribution in [2.45, 2.75) is 4.90 Å². The van der Waals surface area contributed by atoms with Gasteiger partial charge in [0, 0.05) is 31.4 Å². The molecule has 0 N–H and O–H groups in total. The van der Waals surface area contributed by atoms with Gasteiger partial charge in [-0.1, -0.05) is 0 Å². The van der Waals surface area contributed by atoms with Crippen LogP contribution in [0.15, 0.2) is 41.4 Å². The Labute approximate surface area is 148 Å². The molecular formula is C16H15F2N3O4S. The zero-order chi connectivity index (χ0) is 18.9. The number of aromatic nitrogens is 1. The molecule has 2 aromatic rings. The first-order valence-corrected chi connectivity index (χ1v) is 9.02. The molecule has 1 aromatic heterocycles. The lowest BCUT2D eigenvalue weighted by Gasteiger charge is -2.33. The molecule has 10 heteroatoms. The molecule has 0 saturated carbocycles. The zero-order valence-corrected chi connectivity index (χ0v) is 14.5. The Hall–Kier alpha value is -2.59. The molecule has 0 atom stereocenters. The third kappa shape index (κ3) is 3.51. The fraction of sp³-hybridized carbons (Fsp3) is 0.250. The van der Waals surface area contributed by atoms with Crippen molar-refractivity contribution in [3.63, 3.8) is 0 Å². The number of rotatable bonds is 4. The molecule has 1 aromatic carbocycles. The van der Waals surface area contributed by atoms with Gasteiger partial charge in [0.15, 0.2) is 0 Å². The number of sulfonamides is 1. The fourth-order valence-corrected chi connectivity index (χ4v) is 4.06. The quantitative estimate of drug-likeness (QED) is 0.798. The van der Waals surface area contributed by atoms with Gasteiger partial charge in [-0.25, -0.2) is 22.2 Å². The highest BCUT2D eigenvalue weighted by Crippen LogP contribution is 2.24. The minimum Gasteiger partial charge on any atom is -0.481 e. The Balaban J connectivity index is 1.82. The van der Waals surface area contributed by atoms with Crippen LogP contribution in [0, 0.1) is 11.6 Å². The lowest BCUT2D eigenvalue weighted by molar-refractivity contribution is -0.119. The molecule has 0 bridgehead atoms. The van der Waals surface area contributed by atoms with Crippen LogP contribution in [0.5, 0.6) is 5.88 Å². The SMILES string of the molecule is COc1cc(N2CCN(S(=O)(=O)c3cc(F)cc(F)c3)CC2=O)ccn1. The second-order valence-corrected chi connectivity index (χ2v) is 7.48. The van der Waals surface area contributed by atoms with E-state index >= 15 is 0 Å². The molecule has 0 radical (unpaired) electrons. The second-order valence-electron chi connectivity index (χ2n) is 5.55. The van der Waals surface area contributed by atoms with E-state index < -0.39 is 39.0 Å². The van der Waals surface area contributed by atoms with E-state index in [1.165, 1.54) is 18.2 Å². The third-order valence-corrected chi connectivity index (χ3v) is 5.72. The number of ether oxygens (including phenoxy) is 1. The number of pyridine rings is 1. The molecule has 0 spiro atoms. The number of methoxy groups -OCH3 is 1. The van der Waals surface area contributed by atoms with E-state index in [4.69, 9.17) is 4.74 Å². The summed E-state index contributed by atoms with van der Waals surface area (Å²) in [5.74, 6) is -2.15. The maximum absolute atomic E-state index is 13.3. The summed E-state index contributed by atoms with van der Waals surface area (Å²) in [7, 11) is -2.75. The van der Waals surface area contributed by atoms with Crippen LogP contribution >= 0.6 is 0 Å². The van der Waals surface area contributed by atoms with E-state index in [0.29, 0.717) is 17.6 Å². The lowest BCUT2D eigenvalue weighted by Crippen LogP contribution is -2.52. The number of halogens is 2. The number of anilines is 1. The summed E-state index contributed by atoms with van der Waals surface area (Å²) in [6.07, 6.45) is 1.47. The molecule has 2 heterocycles. The number of carbonyl (C=O) groups excluding carboxylic acids is 1. The number of hydrogen-bond donors (Lipinski definition) is 0. The first-order chi connectivity index (χ1) is 12.3. The van der Waals surface area contributed by atoms with Crippen molar-refractivity contribution in [3.05, 3.63) is 48.2 Å². The lowest BCUT2D eigenvalue weighted by atomic mass is 10.3. The maximum atomic E-state index is 13.3. The van der Waals surface area contributed by atoms with E-state index in [2.05, 4.69) is 4.98 Å². The van der Waals surface area contributed by atoms with Crippen LogP contribution in [0.4, 0.5) is 14.5 Å². The number of benzene rings is 1. The molecule has 0 aliphatic carbocycles. The van der Waals surface area contributed by atoms with Gasteiger partial charge in [-0.2, -0.15) is 4.31 Å². The van der Waals surface area contributed by atoms with Crippen LogP contribution in [0.3, 0.4) is 0 Å². The molecule has 1 amide bonds. The fourth-order valence-electron chi connectivity index (χ4n) is 2.63. The highest BCUT2D eigenvalue weighted by atomic mass is 32.2. The summed E-state index contributed by atoms with van der Waals surface area (Å²) in [6.45, 7) is -0.370. The smallest absolute Gasteiger partial charge is 0.243 e. The average Bonchev–Trinajstić information content (AvgIpc) is 2.60. The van der Waals surface area contributed by atoms with Gasteiger partial charge in [0.1, 0.15) is 11.6 Å². The molecule has 1 aliphatic heterocycles. The Morgan fingerprint density at radius 1 is 1.12 bits per heavy atom. The highest BCUT2D eigenvalue weighted by Gasteiger charge is 2.34. The normalized spacial score (nSPS) is 16.0. The molecule has 0 unspecified atom stereocenters. The predicted octanol–water partition coefficient (Wildman–Crippen LogP) is 1.41. The van der Waals surface area contributed by atoms with Crippen molar-refractivity contribution in [2.75, 3.05) is 31.6 Å². The van der Waals surface area contributed by atoms with Crippen molar-refractivity contribution in [1.29, 1.82) is 0 Å². The summed E-state index contributed by atoms with van der Waals surface area (Å²) >= 11 is 0. The van der Waals surface area contributed by atoms with Crippen LogP contribution in [0.2, 0.25) is 0 Å². The van der Waals surface area contributed by atoms with Gasteiger partial charge < -0.3 is 9.64 Å². The summed E-state index contributed by atoms with van der Waals surface area (Å²) < 4.78 is 57.7.